The van der Waals surface area contributed by atoms with Crippen molar-refractivity contribution in [2.75, 3.05) is 19.6 Å². The van der Waals surface area contributed by atoms with Gasteiger partial charge in [0.05, 0.1) is 11.3 Å². The van der Waals surface area contributed by atoms with E-state index in [1.807, 2.05) is 6.92 Å². The first-order valence-electron chi connectivity index (χ1n) is 9.05. The summed E-state index contributed by atoms with van der Waals surface area (Å²) in [7, 11) is -3.53. The van der Waals surface area contributed by atoms with E-state index in [-0.39, 0.29) is 12.5 Å². The minimum absolute atomic E-state index is 0.0651. The number of carboxylic acid groups (broad SMARTS) is 1. The minimum Gasteiger partial charge on any atom is -0.481 e. The molecule has 0 aliphatic carbocycles. The predicted octanol–water partition coefficient (Wildman–Crippen LogP) is 2.86. The van der Waals surface area contributed by atoms with E-state index in [2.05, 4.69) is 4.90 Å². The topological polar surface area (TPSA) is 77.9 Å². The molecule has 0 saturated carbocycles. The van der Waals surface area contributed by atoms with Crippen LogP contribution in [0.3, 0.4) is 0 Å². The first kappa shape index (κ1) is 20.8. The lowest BCUT2D eigenvalue weighted by molar-refractivity contribution is -0.136. The van der Waals surface area contributed by atoms with E-state index >= 15 is 0 Å². The van der Waals surface area contributed by atoms with Crippen molar-refractivity contribution in [3.63, 3.8) is 0 Å². The van der Waals surface area contributed by atoms with Gasteiger partial charge < -0.3 is 5.11 Å². The third-order valence-electron chi connectivity index (χ3n) is 4.90. The molecule has 3 rings (SSSR count). The second-order valence-electron chi connectivity index (χ2n) is 7.00. The molecule has 28 heavy (non-hydrogen) atoms. The maximum atomic E-state index is 12.9. The van der Waals surface area contributed by atoms with Crippen molar-refractivity contribution >= 4 is 27.6 Å². The van der Waals surface area contributed by atoms with Crippen LogP contribution >= 0.6 is 11.6 Å². The number of rotatable bonds is 6. The molecular formula is C20H23ClN2O4S. The van der Waals surface area contributed by atoms with Gasteiger partial charge in [-0.05, 0) is 42.3 Å². The Hall–Kier alpha value is -1.93. The van der Waals surface area contributed by atoms with Crippen LogP contribution < -0.4 is 0 Å². The number of benzene rings is 2. The monoisotopic (exact) mass is 422 g/mol. The van der Waals surface area contributed by atoms with Gasteiger partial charge in [0, 0.05) is 37.2 Å². The van der Waals surface area contributed by atoms with Crippen LogP contribution in [0.2, 0.25) is 5.02 Å². The third-order valence-corrected chi connectivity index (χ3v) is 7.17. The minimum atomic E-state index is -3.53. The van der Waals surface area contributed by atoms with Crippen LogP contribution in [-0.2, 0) is 27.8 Å². The number of piperazine rings is 1. The molecule has 1 N–H and O–H groups in total. The second-order valence-corrected chi connectivity index (χ2v) is 9.32. The van der Waals surface area contributed by atoms with Gasteiger partial charge in [-0.15, -0.1) is 0 Å². The standard InChI is InChI=1S/C20H23ClN2O4S/c1-15-13-22(14-17-11-18(21)8-7-16(17)12-20(24)25)9-10-23(15)28(26,27)19-5-3-2-4-6-19/h2-8,11,15H,9-10,12-14H2,1H3,(H,24,25)/t15-/m0/s1. The molecule has 1 fully saturated rings. The van der Waals surface area contributed by atoms with E-state index in [1.54, 1.807) is 48.5 Å². The van der Waals surface area contributed by atoms with Crippen molar-refractivity contribution in [3.05, 3.63) is 64.7 Å². The summed E-state index contributed by atoms with van der Waals surface area (Å²) in [5.74, 6) is -0.893. The molecule has 150 valence electrons. The summed E-state index contributed by atoms with van der Waals surface area (Å²) in [6, 6.07) is 13.5. The molecule has 8 heteroatoms. The molecule has 0 amide bonds. The Balaban J connectivity index is 1.73. The van der Waals surface area contributed by atoms with Gasteiger partial charge in [0.25, 0.3) is 0 Å². The number of aliphatic carboxylic acids is 1. The first-order chi connectivity index (χ1) is 13.3. The molecule has 0 aromatic heterocycles. The van der Waals surface area contributed by atoms with Gasteiger partial charge in [-0.3, -0.25) is 9.69 Å². The molecule has 1 saturated heterocycles. The summed E-state index contributed by atoms with van der Waals surface area (Å²) in [6.07, 6.45) is -0.0651. The second kappa shape index (κ2) is 8.61. The summed E-state index contributed by atoms with van der Waals surface area (Å²) in [5.41, 5.74) is 1.59. The van der Waals surface area contributed by atoms with Gasteiger partial charge in [-0.2, -0.15) is 4.31 Å². The molecule has 0 bridgehead atoms. The lowest BCUT2D eigenvalue weighted by Crippen LogP contribution is -2.53. The highest BCUT2D eigenvalue weighted by atomic mass is 35.5. The zero-order chi connectivity index (χ0) is 20.3. The van der Waals surface area contributed by atoms with Gasteiger partial charge in [0.1, 0.15) is 0 Å². The molecule has 6 nitrogen and oxygen atoms in total. The number of hydrogen-bond acceptors (Lipinski definition) is 4. The molecule has 1 aliphatic rings. The van der Waals surface area contributed by atoms with Gasteiger partial charge in [-0.25, -0.2) is 8.42 Å². The summed E-state index contributed by atoms with van der Waals surface area (Å²) >= 11 is 6.10. The van der Waals surface area contributed by atoms with E-state index in [9.17, 15) is 13.2 Å². The molecule has 1 aliphatic heterocycles. The molecule has 1 atom stereocenters. The Morgan fingerprint density at radius 3 is 2.50 bits per heavy atom. The molecule has 2 aromatic carbocycles. The van der Waals surface area contributed by atoms with Gasteiger partial charge in [0.2, 0.25) is 10.0 Å². The summed E-state index contributed by atoms with van der Waals surface area (Å²) in [4.78, 5) is 13.6. The Bertz CT molecular complexity index is 950. The molecule has 0 spiro atoms. The number of hydrogen-bond donors (Lipinski definition) is 1. The first-order valence-corrected chi connectivity index (χ1v) is 10.9. The molecule has 1 heterocycles. The predicted molar refractivity (Wildman–Crippen MR) is 108 cm³/mol. The zero-order valence-electron chi connectivity index (χ0n) is 15.6. The van der Waals surface area contributed by atoms with Gasteiger partial charge in [0.15, 0.2) is 0 Å². The lowest BCUT2D eigenvalue weighted by atomic mass is 10.0. The quantitative estimate of drug-likeness (QED) is 0.774. The third kappa shape index (κ3) is 4.72. The molecule has 0 unspecified atom stereocenters. The maximum Gasteiger partial charge on any atom is 0.307 e. The average molecular weight is 423 g/mol. The van der Waals surface area contributed by atoms with Crippen molar-refractivity contribution in [1.82, 2.24) is 9.21 Å². The van der Waals surface area contributed by atoms with E-state index in [1.165, 1.54) is 4.31 Å². The highest BCUT2D eigenvalue weighted by molar-refractivity contribution is 7.89. The smallest absolute Gasteiger partial charge is 0.307 e. The van der Waals surface area contributed by atoms with Gasteiger partial charge >= 0.3 is 5.97 Å². The van der Waals surface area contributed by atoms with Crippen LogP contribution in [-0.4, -0.2) is 54.4 Å². The number of halogens is 1. The highest BCUT2D eigenvalue weighted by Gasteiger charge is 2.33. The number of sulfonamides is 1. The number of carboxylic acids is 1. The van der Waals surface area contributed by atoms with Crippen LogP contribution in [0.1, 0.15) is 18.1 Å². The largest absolute Gasteiger partial charge is 0.481 e. The van der Waals surface area contributed by atoms with Gasteiger partial charge in [-0.1, -0.05) is 35.9 Å². The van der Waals surface area contributed by atoms with Crippen molar-refractivity contribution < 1.29 is 18.3 Å². The Morgan fingerprint density at radius 1 is 1.14 bits per heavy atom. The van der Waals surface area contributed by atoms with Crippen molar-refractivity contribution in [2.45, 2.75) is 30.8 Å². The molecular weight excluding hydrogens is 400 g/mol. The Kier molecular flexibility index (Phi) is 6.40. The number of nitrogens with zero attached hydrogens (tertiary/aromatic N) is 2. The Morgan fingerprint density at radius 2 is 1.86 bits per heavy atom. The normalized spacial score (nSPS) is 18.9. The lowest BCUT2D eigenvalue weighted by Gasteiger charge is -2.39. The highest BCUT2D eigenvalue weighted by Crippen LogP contribution is 2.24. The van der Waals surface area contributed by atoms with Crippen molar-refractivity contribution in [2.24, 2.45) is 0 Å². The van der Waals surface area contributed by atoms with Crippen LogP contribution in [0.4, 0.5) is 0 Å². The van der Waals surface area contributed by atoms with Crippen LogP contribution in [0.5, 0.6) is 0 Å². The number of carbonyl (C=O) groups is 1. The maximum absolute atomic E-state index is 12.9. The Labute approximate surface area is 170 Å². The molecule has 0 radical (unpaired) electrons. The van der Waals surface area contributed by atoms with Crippen molar-refractivity contribution in [3.8, 4) is 0 Å². The van der Waals surface area contributed by atoms with E-state index in [4.69, 9.17) is 16.7 Å². The van der Waals surface area contributed by atoms with Crippen molar-refractivity contribution in [1.29, 1.82) is 0 Å². The van der Waals surface area contributed by atoms with Crippen LogP contribution in [0, 0.1) is 0 Å². The summed E-state index contributed by atoms with van der Waals surface area (Å²) < 4.78 is 27.4. The van der Waals surface area contributed by atoms with Crippen LogP contribution in [0.25, 0.3) is 0 Å². The van der Waals surface area contributed by atoms with E-state index < -0.39 is 16.0 Å². The SMILES string of the molecule is C[C@H]1CN(Cc2cc(Cl)ccc2CC(=O)O)CCN1S(=O)(=O)c1ccccc1. The zero-order valence-corrected chi connectivity index (χ0v) is 17.2. The van der Waals surface area contributed by atoms with Crippen LogP contribution in [0.15, 0.2) is 53.4 Å². The van der Waals surface area contributed by atoms with E-state index in [0.717, 1.165) is 11.1 Å². The fourth-order valence-corrected chi connectivity index (χ4v) is 5.39. The summed E-state index contributed by atoms with van der Waals surface area (Å²) in [6.45, 7) is 3.93. The summed E-state index contributed by atoms with van der Waals surface area (Å²) in [5, 5.41) is 9.68. The molecule has 2 aromatic rings. The average Bonchev–Trinajstić information content (AvgIpc) is 2.64. The fraction of sp³-hybridized carbons (Fsp3) is 0.350. The van der Waals surface area contributed by atoms with E-state index in [0.29, 0.717) is 36.1 Å². The fourth-order valence-electron chi connectivity index (χ4n) is 3.56.